The molecule has 1 aliphatic heterocycles. The first-order chi connectivity index (χ1) is 11.1. The molecule has 0 bridgehead atoms. The highest BCUT2D eigenvalue weighted by atomic mass is 32.2. The van der Waals surface area contributed by atoms with Gasteiger partial charge in [-0.1, -0.05) is 24.3 Å². The minimum atomic E-state index is -3.75. The molecular formula is C16H18N2O4S. The maximum Gasteiger partial charge on any atom is 0.243 e. The van der Waals surface area contributed by atoms with Crippen LogP contribution in [-0.2, 0) is 16.4 Å². The number of pyridine rings is 1. The lowest BCUT2D eigenvalue weighted by atomic mass is 9.96. The van der Waals surface area contributed by atoms with Crippen LogP contribution in [0.15, 0.2) is 53.7 Å². The summed E-state index contributed by atoms with van der Waals surface area (Å²) in [5.41, 5.74) is 1.23. The molecule has 7 heteroatoms. The van der Waals surface area contributed by atoms with Crippen molar-refractivity contribution in [2.24, 2.45) is 0 Å². The highest BCUT2D eigenvalue weighted by Gasteiger charge is 2.43. The molecule has 2 aromatic rings. The van der Waals surface area contributed by atoms with E-state index in [2.05, 4.69) is 4.98 Å². The Morgan fingerprint density at radius 3 is 2.65 bits per heavy atom. The van der Waals surface area contributed by atoms with Crippen LogP contribution >= 0.6 is 0 Å². The van der Waals surface area contributed by atoms with Gasteiger partial charge in [0.25, 0.3) is 0 Å². The Morgan fingerprint density at radius 1 is 1.17 bits per heavy atom. The van der Waals surface area contributed by atoms with Crippen LogP contribution in [0.2, 0.25) is 0 Å². The van der Waals surface area contributed by atoms with Gasteiger partial charge in [-0.25, -0.2) is 8.42 Å². The van der Waals surface area contributed by atoms with E-state index in [9.17, 15) is 18.6 Å². The Balaban J connectivity index is 2.07. The molecule has 2 heterocycles. The molecule has 2 atom stereocenters. The van der Waals surface area contributed by atoms with Crippen molar-refractivity contribution in [1.29, 1.82) is 0 Å². The van der Waals surface area contributed by atoms with E-state index >= 15 is 0 Å². The average Bonchev–Trinajstić information content (AvgIpc) is 2.57. The molecule has 0 saturated carbocycles. The van der Waals surface area contributed by atoms with Crippen molar-refractivity contribution in [3.8, 4) is 0 Å². The van der Waals surface area contributed by atoms with Crippen molar-refractivity contribution >= 4 is 10.0 Å². The van der Waals surface area contributed by atoms with E-state index in [4.69, 9.17) is 0 Å². The van der Waals surface area contributed by atoms with Crippen molar-refractivity contribution in [2.45, 2.75) is 23.5 Å². The minimum absolute atomic E-state index is 0.0569. The summed E-state index contributed by atoms with van der Waals surface area (Å²) in [5, 5.41) is 20.0. The monoisotopic (exact) mass is 334 g/mol. The summed E-state index contributed by atoms with van der Waals surface area (Å²) >= 11 is 0. The molecule has 0 radical (unpaired) electrons. The SMILES string of the molecule is O=S1(=O)c2ccccc2[C@H](O)[C@H](Cc2cccnc2)N1CCO. The highest BCUT2D eigenvalue weighted by molar-refractivity contribution is 7.89. The molecule has 0 spiro atoms. The van der Waals surface area contributed by atoms with Crippen LogP contribution in [0, 0.1) is 0 Å². The van der Waals surface area contributed by atoms with E-state index in [0.717, 1.165) is 5.56 Å². The number of sulfonamides is 1. The number of aliphatic hydroxyl groups excluding tert-OH is 2. The Labute approximate surface area is 135 Å². The zero-order valence-corrected chi connectivity index (χ0v) is 13.2. The first-order valence-corrected chi connectivity index (χ1v) is 8.78. The molecule has 6 nitrogen and oxygen atoms in total. The smallest absolute Gasteiger partial charge is 0.243 e. The van der Waals surface area contributed by atoms with Crippen LogP contribution in [-0.4, -0.2) is 47.1 Å². The Morgan fingerprint density at radius 2 is 1.96 bits per heavy atom. The van der Waals surface area contributed by atoms with Crippen LogP contribution in [0.3, 0.4) is 0 Å². The highest BCUT2D eigenvalue weighted by Crippen LogP contribution is 2.37. The zero-order chi connectivity index (χ0) is 16.4. The number of hydrogen-bond donors (Lipinski definition) is 2. The Bertz CT molecular complexity index is 780. The van der Waals surface area contributed by atoms with Gasteiger partial charge >= 0.3 is 0 Å². The van der Waals surface area contributed by atoms with Crippen LogP contribution < -0.4 is 0 Å². The lowest BCUT2D eigenvalue weighted by Gasteiger charge is -2.39. The second kappa shape index (κ2) is 6.37. The number of aliphatic hydroxyl groups is 2. The van der Waals surface area contributed by atoms with Gasteiger partial charge in [0.15, 0.2) is 0 Å². The normalized spacial score (nSPS) is 23.4. The molecule has 1 aromatic carbocycles. The second-order valence-electron chi connectivity index (χ2n) is 5.45. The molecule has 3 rings (SSSR count). The number of aromatic nitrogens is 1. The van der Waals surface area contributed by atoms with E-state index in [1.54, 1.807) is 36.7 Å². The first-order valence-electron chi connectivity index (χ1n) is 7.34. The van der Waals surface area contributed by atoms with Crippen LogP contribution in [0.5, 0.6) is 0 Å². The van der Waals surface area contributed by atoms with E-state index in [-0.39, 0.29) is 18.0 Å². The van der Waals surface area contributed by atoms with Crippen molar-refractivity contribution in [3.05, 3.63) is 59.9 Å². The minimum Gasteiger partial charge on any atom is -0.395 e. The summed E-state index contributed by atoms with van der Waals surface area (Å²) in [6.07, 6.45) is 2.65. The van der Waals surface area contributed by atoms with Crippen molar-refractivity contribution in [3.63, 3.8) is 0 Å². The van der Waals surface area contributed by atoms with Crippen molar-refractivity contribution in [1.82, 2.24) is 9.29 Å². The Hall–Kier alpha value is -1.80. The largest absolute Gasteiger partial charge is 0.395 e. The molecule has 0 aliphatic carbocycles. The quantitative estimate of drug-likeness (QED) is 0.860. The summed E-state index contributed by atoms with van der Waals surface area (Å²) in [4.78, 5) is 4.13. The predicted octanol–water partition coefficient (Wildman–Crippen LogP) is 0.723. The number of nitrogens with zero attached hydrogens (tertiary/aromatic N) is 2. The molecule has 1 aliphatic rings. The zero-order valence-electron chi connectivity index (χ0n) is 12.4. The predicted molar refractivity (Wildman–Crippen MR) is 84.1 cm³/mol. The number of hydrogen-bond acceptors (Lipinski definition) is 5. The third-order valence-corrected chi connectivity index (χ3v) is 6.05. The summed E-state index contributed by atoms with van der Waals surface area (Å²) in [6, 6.07) is 9.38. The molecule has 2 N–H and O–H groups in total. The van der Waals surface area contributed by atoms with E-state index in [1.165, 1.54) is 10.4 Å². The molecule has 0 amide bonds. The third kappa shape index (κ3) is 2.88. The third-order valence-electron chi connectivity index (χ3n) is 4.05. The van der Waals surface area contributed by atoms with Gasteiger partial charge in [-0.2, -0.15) is 4.31 Å². The molecule has 0 saturated heterocycles. The standard InChI is InChI=1S/C16H18N2O4S/c19-9-8-18-14(10-12-4-3-7-17-11-12)16(20)13-5-1-2-6-15(13)23(18,21)22/h1-7,11,14,16,19-20H,8-10H2/t14-,16-/m0/s1. The number of β-amino-alcohol motifs (C(OH)–C–C–N with tert-alkyl or cyclic N) is 1. The van der Waals surface area contributed by atoms with E-state index in [0.29, 0.717) is 12.0 Å². The average molecular weight is 334 g/mol. The van der Waals surface area contributed by atoms with Gasteiger partial charge in [0, 0.05) is 24.5 Å². The maximum absolute atomic E-state index is 12.8. The van der Waals surface area contributed by atoms with Gasteiger partial charge in [-0.3, -0.25) is 4.98 Å². The molecule has 1 aromatic heterocycles. The lowest BCUT2D eigenvalue weighted by Crippen LogP contribution is -2.50. The summed E-state index contributed by atoms with van der Waals surface area (Å²) in [5.74, 6) is 0. The van der Waals surface area contributed by atoms with Crippen molar-refractivity contribution < 1.29 is 18.6 Å². The number of fused-ring (bicyclic) bond motifs is 1. The fraction of sp³-hybridized carbons (Fsp3) is 0.312. The summed E-state index contributed by atoms with van der Waals surface area (Å²) in [6.45, 7) is -0.365. The van der Waals surface area contributed by atoms with Crippen LogP contribution in [0.1, 0.15) is 17.2 Å². The molecule has 0 fully saturated rings. The number of benzene rings is 1. The molecule has 23 heavy (non-hydrogen) atoms. The molecular weight excluding hydrogens is 316 g/mol. The van der Waals surface area contributed by atoms with E-state index in [1.807, 2.05) is 6.07 Å². The van der Waals surface area contributed by atoms with Crippen molar-refractivity contribution in [2.75, 3.05) is 13.2 Å². The fourth-order valence-electron chi connectivity index (χ4n) is 2.99. The van der Waals surface area contributed by atoms with Gasteiger partial charge in [0.05, 0.1) is 23.6 Å². The van der Waals surface area contributed by atoms with Crippen LogP contribution in [0.4, 0.5) is 0 Å². The topological polar surface area (TPSA) is 90.7 Å². The number of rotatable bonds is 4. The van der Waals surface area contributed by atoms with Crippen LogP contribution in [0.25, 0.3) is 0 Å². The van der Waals surface area contributed by atoms with Gasteiger partial charge in [0.1, 0.15) is 0 Å². The fourth-order valence-corrected chi connectivity index (χ4v) is 4.85. The second-order valence-corrected chi connectivity index (χ2v) is 7.31. The summed E-state index contributed by atoms with van der Waals surface area (Å²) < 4.78 is 26.8. The lowest BCUT2D eigenvalue weighted by molar-refractivity contribution is 0.0724. The van der Waals surface area contributed by atoms with Gasteiger partial charge < -0.3 is 10.2 Å². The Kier molecular flexibility index (Phi) is 4.45. The van der Waals surface area contributed by atoms with Gasteiger partial charge in [-0.05, 0) is 24.1 Å². The molecule has 122 valence electrons. The first kappa shape index (κ1) is 16.1. The summed E-state index contributed by atoms with van der Waals surface area (Å²) in [7, 11) is -3.75. The molecule has 0 unspecified atom stereocenters. The van der Waals surface area contributed by atoms with Gasteiger partial charge in [-0.15, -0.1) is 0 Å². The van der Waals surface area contributed by atoms with E-state index < -0.39 is 22.2 Å². The van der Waals surface area contributed by atoms with Gasteiger partial charge in [0.2, 0.25) is 10.0 Å². The maximum atomic E-state index is 12.8.